The monoisotopic (exact) mass is 232 g/mol. The predicted octanol–water partition coefficient (Wildman–Crippen LogP) is 2.05. The number of carbonyl (C=O) groups excluding carboxylic acids is 1. The van der Waals surface area contributed by atoms with E-state index >= 15 is 0 Å². The fourth-order valence-corrected chi connectivity index (χ4v) is 2.43. The zero-order chi connectivity index (χ0) is 12.3. The summed E-state index contributed by atoms with van der Waals surface area (Å²) in [5.74, 6) is -0.291. The Morgan fingerprint density at radius 2 is 1.88 bits per heavy atom. The quantitative estimate of drug-likeness (QED) is 0.834. The van der Waals surface area contributed by atoms with E-state index in [0.717, 1.165) is 18.4 Å². The Kier molecular flexibility index (Phi) is 3.79. The van der Waals surface area contributed by atoms with Crippen LogP contribution in [-0.2, 0) is 4.79 Å². The number of amides is 1. The molecule has 1 unspecified atom stereocenters. The lowest BCUT2D eigenvalue weighted by Gasteiger charge is -2.20. The van der Waals surface area contributed by atoms with Gasteiger partial charge in [-0.1, -0.05) is 42.7 Å². The van der Waals surface area contributed by atoms with Gasteiger partial charge in [0, 0.05) is 6.04 Å². The van der Waals surface area contributed by atoms with Crippen LogP contribution < -0.4 is 11.1 Å². The summed E-state index contributed by atoms with van der Waals surface area (Å²) in [7, 11) is 0. The second-order valence-electron chi connectivity index (χ2n) is 4.89. The first kappa shape index (κ1) is 12.1. The van der Waals surface area contributed by atoms with Crippen LogP contribution in [0.3, 0.4) is 0 Å². The molecule has 1 aromatic carbocycles. The van der Waals surface area contributed by atoms with Gasteiger partial charge in [0.05, 0.1) is 0 Å². The lowest BCUT2D eigenvalue weighted by molar-refractivity contribution is -0.120. The number of aryl methyl sites for hydroxylation is 1. The second kappa shape index (κ2) is 5.32. The Labute approximate surface area is 102 Å². The van der Waals surface area contributed by atoms with E-state index in [9.17, 15) is 4.79 Å². The van der Waals surface area contributed by atoms with Gasteiger partial charge in [0.25, 0.3) is 0 Å². The molecule has 92 valence electrons. The summed E-state index contributed by atoms with van der Waals surface area (Å²) in [5, 5.41) is 3.38. The third-order valence-corrected chi connectivity index (χ3v) is 3.45. The van der Waals surface area contributed by atoms with Crippen LogP contribution in [0.25, 0.3) is 0 Å². The van der Waals surface area contributed by atoms with Gasteiger partial charge in [-0.15, -0.1) is 0 Å². The summed E-state index contributed by atoms with van der Waals surface area (Å²) in [4.78, 5) is 11.5. The van der Waals surface area contributed by atoms with Gasteiger partial charge in [-0.05, 0) is 25.3 Å². The minimum absolute atomic E-state index is 0.291. The third kappa shape index (κ3) is 3.07. The average Bonchev–Trinajstić information content (AvgIpc) is 2.80. The van der Waals surface area contributed by atoms with E-state index in [4.69, 9.17) is 5.73 Å². The molecule has 3 N–H and O–H groups in total. The van der Waals surface area contributed by atoms with E-state index < -0.39 is 0 Å². The lowest BCUT2D eigenvalue weighted by atomic mass is 10.0. The summed E-state index contributed by atoms with van der Waals surface area (Å²) < 4.78 is 0. The standard InChI is InChI=1S/C14H20N2O/c1-10-6-8-11(9-7-10)13(14(15)17)16-12-4-2-3-5-12/h6-9,12-13,16H,2-5H2,1H3,(H2,15,17). The maximum Gasteiger partial charge on any atom is 0.239 e. The minimum Gasteiger partial charge on any atom is -0.368 e. The van der Waals surface area contributed by atoms with Gasteiger partial charge in [0.2, 0.25) is 5.91 Å². The smallest absolute Gasteiger partial charge is 0.239 e. The molecule has 1 atom stereocenters. The fourth-order valence-electron chi connectivity index (χ4n) is 2.43. The Morgan fingerprint density at radius 3 is 2.41 bits per heavy atom. The molecule has 3 nitrogen and oxygen atoms in total. The highest BCUT2D eigenvalue weighted by Crippen LogP contribution is 2.22. The van der Waals surface area contributed by atoms with E-state index in [1.807, 2.05) is 31.2 Å². The van der Waals surface area contributed by atoms with Crippen molar-refractivity contribution < 1.29 is 4.79 Å². The summed E-state index contributed by atoms with van der Waals surface area (Å²) in [6.45, 7) is 2.04. The molecule has 0 saturated heterocycles. The van der Waals surface area contributed by atoms with Crippen molar-refractivity contribution in [1.82, 2.24) is 5.32 Å². The Bertz CT molecular complexity index is 380. The molecule has 1 aliphatic rings. The molecule has 17 heavy (non-hydrogen) atoms. The molecule has 0 spiro atoms. The molecule has 0 aliphatic heterocycles. The molecule has 1 amide bonds. The average molecular weight is 232 g/mol. The number of hydrogen-bond donors (Lipinski definition) is 2. The Morgan fingerprint density at radius 1 is 1.29 bits per heavy atom. The number of rotatable bonds is 4. The van der Waals surface area contributed by atoms with Crippen LogP contribution >= 0.6 is 0 Å². The van der Waals surface area contributed by atoms with Gasteiger partial charge < -0.3 is 5.73 Å². The van der Waals surface area contributed by atoms with Crippen molar-refractivity contribution in [2.45, 2.75) is 44.7 Å². The zero-order valence-corrected chi connectivity index (χ0v) is 10.3. The zero-order valence-electron chi connectivity index (χ0n) is 10.3. The van der Waals surface area contributed by atoms with Crippen molar-refractivity contribution >= 4 is 5.91 Å². The first-order valence-electron chi connectivity index (χ1n) is 6.29. The SMILES string of the molecule is Cc1ccc(C(NC2CCCC2)C(N)=O)cc1. The number of nitrogens with one attached hydrogen (secondary N) is 1. The van der Waals surface area contributed by atoms with E-state index in [1.165, 1.54) is 18.4 Å². The highest BCUT2D eigenvalue weighted by Gasteiger charge is 2.23. The van der Waals surface area contributed by atoms with Crippen LogP contribution in [0.2, 0.25) is 0 Å². The Hall–Kier alpha value is -1.35. The summed E-state index contributed by atoms with van der Waals surface area (Å²) in [5.41, 5.74) is 7.64. The highest BCUT2D eigenvalue weighted by molar-refractivity contribution is 5.81. The molecule has 1 saturated carbocycles. The van der Waals surface area contributed by atoms with Crippen LogP contribution in [0.1, 0.15) is 42.9 Å². The number of benzene rings is 1. The number of hydrogen-bond acceptors (Lipinski definition) is 2. The molecule has 0 radical (unpaired) electrons. The first-order chi connectivity index (χ1) is 8.16. The lowest BCUT2D eigenvalue weighted by Crippen LogP contribution is -2.38. The molecule has 0 aromatic heterocycles. The van der Waals surface area contributed by atoms with Gasteiger partial charge in [-0.3, -0.25) is 10.1 Å². The normalized spacial score (nSPS) is 18.2. The molecule has 0 bridgehead atoms. The van der Waals surface area contributed by atoms with Crippen LogP contribution in [-0.4, -0.2) is 11.9 Å². The van der Waals surface area contributed by atoms with Crippen molar-refractivity contribution in [2.75, 3.05) is 0 Å². The van der Waals surface area contributed by atoms with Gasteiger partial charge in [0.15, 0.2) is 0 Å². The van der Waals surface area contributed by atoms with Crippen molar-refractivity contribution in [1.29, 1.82) is 0 Å². The van der Waals surface area contributed by atoms with E-state index in [-0.39, 0.29) is 11.9 Å². The fraction of sp³-hybridized carbons (Fsp3) is 0.500. The highest BCUT2D eigenvalue weighted by atomic mass is 16.1. The maximum atomic E-state index is 11.5. The summed E-state index contributed by atoms with van der Waals surface area (Å²) >= 11 is 0. The van der Waals surface area contributed by atoms with Gasteiger partial charge in [-0.25, -0.2) is 0 Å². The first-order valence-corrected chi connectivity index (χ1v) is 6.29. The molecule has 3 heteroatoms. The molecule has 1 aliphatic carbocycles. The van der Waals surface area contributed by atoms with Crippen LogP contribution in [0, 0.1) is 6.92 Å². The minimum atomic E-state index is -0.348. The van der Waals surface area contributed by atoms with E-state index in [0.29, 0.717) is 6.04 Å². The van der Waals surface area contributed by atoms with Crippen LogP contribution in [0.5, 0.6) is 0 Å². The van der Waals surface area contributed by atoms with Crippen LogP contribution in [0.4, 0.5) is 0 Å². The molecular weight excluding hydrogens is 212 g/mol. The molecular formula is C14H20N2O. The van der Waals surface area contributed by atoms with Crippen LogP contribution in [0.15, 0.2) is 24.3 Å². The number of nitrogens with two attached hydrogens (primary N) is 1. The number of carbonyl (C=O) groups is 1. The van der Waals surface area contributed by atoms with E-state index in [2.05, 4.69) is 5.32 Å². The maximum absolute atomic E-state index is 11.5. The second-order valence-corrected chi connectivity index (χ2v) is 4.89. The molecule has 2 rings (SSSR count). The number of primary amides is 1. The van der Waals surface area contributed by atoms with Crippen molar-refractivity contribution in [3.05, 3.63) is 35.4 Å². The van der Waals surface area contributed by atoms with Gasteiger partial charge in [0.1, 0.15) is 6.04 Å². The van der Waals surface area contributed by atoms with Crippen molar-refractivity contribution in [3.8, 4) is 0 Å². The van der Waals surface area contributed by atoms with Crippen molar-refractivity contribution in [2.24, 2.45) is 5.73 Å². The topological polar surface area (TPSA) is 55.1 Å². The predicted molar refractivity (Wildman–Crippen MR) is 68.5 cm³/mol. The molecule has 0 heterocycles. The molecule has 1 fully saturated rings. The third-order valence-electron chi connectivity index (χ3n) is 3.45. The van der Waals surface area contributed by atoms with Gasteiger partial charge in [-0.2, -0.15) is 0 Å². The van der Waals surface area contributed by atoms with E-state index in [1.54, 1.807) is 0 Å². The Balaban J connectivity index is 2.10. The van der Waals surface area contributed by atoms with Gasteiger partial charge >= 0.3 is 0 Å². The summed E-state index contributed by atoms with van der Waals surface area (Å²) in [6.07, 6.45) is 4.79. The summed E-state index contributed by atoms with van der Waals surface area (Å²) in [6, 6.07) is 8.08. The van der Waals surface area contributed by atoms with Crippen molar-refractivity contribution in [3.63, 3.8) is 0 Å². The molecule has 1 aromatic rings. The largest absolute Gasteiger partial charge is 0.368 e.